The Bertz CT molecular complexity index is 261. The molecule has 0 saturated heterocycles. The van der Waals surface area contributed by atoms with Gasteiger partial charge in [0.15, 0.2) is 0 Å². The average molecular weight is 177 g/mol. The third-order valence-electron chi connectivity index (χ3n) is 2.27. The van der Waals surface area contributed by atoms with Crippen molar-refractivity contribution in [2.45, 2.75) is 39.5 Å². The van der Waals surface area contributed by atoms with Crippen LogP contribution in [0.3, 0.4) is 0 Å². The van der Waals surface area contributed by atoms with Gasteiger partial charge in [0.25, 0.3) is 0 Å². The fourth-order valence-corrected chi connectivity index (χ4v) is 1.40. The van der Waals surface area contributed by atoms with Gasteiger partial charge in [-0.1, -0.05) is 27.7 Å². The summed E-state index contributed by atoms with van der Waals surface area (Å²) in [6.45, 7) is 8.31. The first kappa shape index (κ1) is 10.1. The van der Waals surface area contributed by atoms with Crippen LogP contribution in [0.5, 0.6) is 5.75 Å². The van der Waals surface area contributed by atoms with Crippen molar-refractivity contribution in [2.24, 2.45) is 0 Å². The highest BCUT2D eigenvalue weighted by Crippen LogP contribution is 2.32. The van der Waals surface area contributed by atoms with Crippen LogP contribution < -0.4 is 0 Å². The van der Waals surface area contributed by atoms with E-state index in [1.54, 1.807) is 0 Å². The molecule has 0 heterocycles. The fraction of sp³-hybridized carbons (Fsp3) is 0.500. The third-order valence-corrected chi connectivity index (χ3v) is 2.27. The lowest BCUT2D eigenvalue weighted by atomic mass is 9.94. The minimum Gasteiger partial charge on any atom is -0.507 e. The van der Waals surface area contributed by atoms with E-state index in [0.717, 1.165) is 11.1 Å². The number of phenols is 1. The Kier molecular flexibility index (Phi) is 2.97. The van der Waals surface area contributed by atoms with Crippen molar-refractivity contribution in [1.29, 1.82) is 0 Å². The zero-order valence-electron chi connectivity index (χ0n) is 8.76. The summed E-state index contributed by atoms with van der Waals surface area (Å²) < 4.78 is 0. The van der Waals surface area contributed by atoms with Gasteiger partial charge in [-0.15, -0.1) is 0 Å². The second-order valence-electron chi connectivity index (χ2n) is 4.02. The Morgan fingerprint density at radius 1 is 1.00 bits per heavy atom. The van der Waals surface area contributed by atoms with Gasteiger partial charge in [0, 0.05) is 0 Å². The molecule has 1 aromatic rings. The summed E-state index contributed by atoms with van der Waals surface area (Å²) in [7, 11) is 0. The molecule has 0 amide bonds. The van der Waals surface area contributed by atoms with Gasteiger partial charge in [0.05, 0.1) is 0 Å². The van der Waals surface area contributed by atoms with Gasteiger partial charge >= 0.3 is 0 Å². The van der Waals surface area contributed by atoms with Crippen LogP contribution in [-0.2, 0) is 0 Å². The van der Waals surface area contributed by atoms with E-state index in [4.69, 9.17) is 0 Å². The second-order valence-corrected chi connectivity index (χ2v) is 4.02. The van der Waals surface area contributed by atoms with E-state index in [1.165, 1.54) is 0 Å². The maximum atomic E-state index is 9.91. The predicted molar refractivity (Wildman–Crippen MR) is 55.1 cm³/mol. The SMILES string of the molecule is CC(C)c1c[c]cc(C(C)C)c1O. The summed E-state index contributed by atoms with van der Waals surface area (Å²) in [6.07, 6.45) is 0. The summed E-state index contributed by atoms with van der Waals surface area (Å²) in [5.74, 6) is 1.16. The van der Waals surface area contributed by atoms with E-state index in [0.29, 0.717) is 17.6 Å². The Balaban J connectivity index is 3.18. The van der Waals surface area contributed by atoms with E-state index < -0.39 is 0 Å². The van der Waals surface area contributed by atoms with Crippen molar-refractivity contribution in [2.75, 3.05) is 0 Å². The first-order chi connectivity index (χ1) is 6.04. The fourth-order valence-electron chi connectivity index (χ4n) is 1.40. The highest BCUT2D eigenvalue weighted by molar-refractivity contribution is 5.43. The van der Waals surface area contributed by atoms with Crippen molar-refractivity contribution in [3.05, 3.63) is 29.3 Å². The molecule has 1 N–H and O–H groups in total. The third kappa shape index (κ3) is 2.03. The van der Waals surface area contributed by atoms with Gasteiger partial charge in [-0.05, 0) is 41.2 Å². The first-order valence-corrected chi connectivity index (χ1v) is 4.77. The number of benzene rings is 1. The van der Waals surface area contributed by atoms with E-state index in [2.05, 4.69) is 33.8 Å². The van der Waals surface area contributed by atoms with Gasteiger partial charge in [-0.3, -0.25) is 0 Å². The molecular weight excluding hydrogens is 160 g/mol. The number of aromatic hydroxyl groups is 1. The molecule has 0 aliphatic carbocycles. The Morgan fingerprint density at radius 2 is 1.38 bits per heavy atom. The molecule has 0 aliphatic rings. The maximum Gasteiger partial charge on any atom is 0.122 e. The molecule has 0 atom stereocenters. The van der Waals surface area contributed by atoms with Crippen LogP contribution in [-0.4, -0.2) is 5.11 Å². The van der Waals surface area contributed by atoms with Crippen LogP contribution in [0.4, 0.5) is 0 Å². The molecule has 0 aromatic heterocycles. The minimum absolute atomic E-state index is 0.356. The molecule has 0 unspecified atom stereocenters. The quantitative estimate of drug-likeness (QED) is 0.733. The number of phenolic OH excluding ortho intramolecular Hbond substituents is 1. The van der Waals surface area contributed by atoms with E-state index in [9.17, 15) is 5.11 Å². The van der Waals surface area contributed by atoms with E-state index >= 15 is 0 Å². The zero-order chi connectivity index (χ0) is 10.0. The predicted octanol–water partition coefficient (Wildman–Crippen LogP) is 3.44. The standard InChI is InChI=1S/C12H17O/c1-8(2)10-6-5-7-11(9(3)4)12(10)13/h6-9,13H,1-4H3. The summed E-state index contributed by atoms with van der Waals surface area (Å²) >= 11 is 0. The van der Waals surface area contributed by atoms with Crippen LogP contribution in [0.1, 0.15) is 50.7 Å². The molecule has 0 fully saturated rings. The van der Waals surface area contributed by atoms with Gasteiger partial charge in [-0.25, -0.2) is 0 Å². The lowest BCUT2D eigenvalue weighted by Crippen LogP contribution is -1.94. The van der Waals surface area contributed by atoms with Gasteiger partial charge < -0.3 is 5.11 Å². The number of rotatable bonds is 2. The summed E-state index contributed by atoms with van der Waals surface area (Å²) in [6, 6.07) is 6.81. The van der Waals surface area contributed by atoms with Gasteiger partial charge in [0.2, 0.25) is 0 Å². The smallest absolute Gasteiger partial charge is 0.122 e. The lowest BCUT2D eigenvalue weighted by molar-refractivity contribution is 0.454. The van der Waals surface area contributed by atoms with Gasteiger partial charge in [-0.2, -0.15) is 0 Å². The minimum atomic E-state index is 0.356. The topological polar surface area (TPSA) is 20.2 Å². The van der Waals surface area contributed by atoms with E-state index in [1.807, 2.05) is 12.1 Å². The molecule has 13 heavy (non-hydrogen) atoms. The molecule has 71 valence electrons. The molecule has 0 bridgehead atoms. The van der Waals surface area contributed by atoms with Crippen LogP contribution in [0.2, 0.25) is 0 Å². The Morgan fingerprint density at radius 3 is 1.69 bits per heavy atom. The highest BCUT2D eigenvalue weighted by Gasteiger charge is 2.11. The number of hydrogen-bond donors (Lipinski definition) is 1. The van der Waals surface area contributed by atoms with Crippen molar-refractivity contribution in [1.82, 2.24) is 0 Å². The molecule has 0 aliphatic heterocycles. The maximum absolute atomic E-state index is 9.91. The normalized spacial score (nSPS) is 11.2. The molecule has 1 nitrogen and oxygen atoms in total. The van der Waals surface area contributed by atoms with Crippen LogP contribution in [0, 0.1) is 6.07 Å². The van der Waals surface area contributed by atoms with Crippen LogP contribution >= 0.6 is 0 Å². The monoisotopic (exact) mass is 177 g/mol. The van der Waals surface area contributed by atoms with Crippen LogP contribution in [0.15, 0.2) is 12.1 Å². The van der Waals surface area contributed by atoms with Crippen LogP contribution in [0.25, 0.3) is 0 Å². The second kappa shape index (κ2) is 3.82. The van der Waals surface area contributed by atoms with Crippen molar-refractivity contribution in [3.63, 3.8) is 0 Å². The molecule has 1 heteroatoms. The summed E-state index contributed by atoms with van der Waals surface area (Å²) in [5.41, 5.74) is 1.98. The van der Waals surface area contributed by atoms with Crippen molar-refractivity contribution >= 4 is 0 Å². The lowest BCUT2D eigenvalue weighted by Gasteiger charge is -2.13. The molecule has 1 aromatic carbocycles. The van der Waals surface area contributed by atoms with Gasteiger partial charge in [0.1, 0.15) is 5.75 Å². The largest absolute Gasteiger partial charge is 0.507 e. The Hall–Kier alpha value is -0.980. The molecular formula is C12H17O. The zero-order valence-corrected chi connectivity index (χ0v) is 8.76. The van der Waals surface area contributed by atoms with Crippen molar-refractivity contribution < 1.29 is 5.11 Å². The summed E-state index contributed by atoms with van der Waals surface area (Å²) in [5, 5.41) is 9.91. The Labute approximate surface area is 80.4 Å². The summed E-state index contributed by atoms with van der Waals surface area (Å²) in [4.78, 5) is 0. The van der Waals surface area contributed by atoms with Crippen molar-refractivity contribution in [3.8, 4) is 5.75 Å². The molecule has 1 rings (SSSR count). The molecule has 0 saturated carbocycles. The number of hydrogen-bond acceptors (Lipinski definition) is 1. The highest BCUT2D eigenvalue weighted by atomic mass is 16.3. The average Bonchev–Trinajstić information content (AvgIpc) is 2.03. The molecule has 1 radical (unpaired) electrons. The van der Waals surface area contributed by atoms with E-state index in [-0.39, 0.29) is 0 Å². The molecule has 0 spiro atoms. The first-order valence-electron chi connectivity index (χ1n) is 4.77.